The maximum atomic E-state index is 11.0. The van der Waals surface area contributed by atoms with Gasteiger partial charge in [0.2, 0.25) is 5.91 Å². The lowest BCUT2D eigenvalue weighted by atomic mass is 9.75. The molecule has 1 fully saturated rings. The Balaban J connectivity index is 2.17. The maximum absolute atomic E-state index is 11.0. The molecule has 1 aliphatic carbocycles. The van der Waals surface area contributed by atoms with Gasteiger partial charge >= 0.3 is 0 Å². The first-order chi connectivity index (χ1) is 8.50. The second-order valence-electron chi connectivity index (χ2n) is 5.73. The fourth-order valence-corrected chi connectivity index (χ4v) is 2.65. The number of nitrogens with one attached hydrogen (secondary N) is 1. The highest BCUT2D eigenvalue weighted by atomic mass is 16.2. The number of hydrogen-bond acceptors (Lipinski definition) is 4. The Kier molecular flexibility index (Phi) is 6.05. The minimum atomic E-state index is -0.0681. The van der Waals surface area contributed by atoms with Crippen LogP contribution in [-0.4, -0.2) is 55.5 Å². The van der Waals surface area contributed by atoms with Crippen molar-refractivity contribution in [2.24, 2.45) is 5.84 Å². The molecule has 106 valence electrons. The minimum Gasteiger partial charge on any atom is -0.305 e. The fraction of sp³-hybridized carbons (Fsp3) is 0.923. The standard InChI is InChI=1S/C13H28N4O/c1-16(2)13(8-6-9-13)11-17(3)10-5-4-7-12(18)15-14/h4-11,14H2,1-3H3,(H,15,18). The van der Waals surface area contributed by atoms with E-state index in [1.54, 1.807) is 0 Å². The molecule has 0 heterocycles. The maximum Gasteiger partial charge on any atom is 0.233 e. The Morgan fingerprint density at radius 2 is 1.94 bits per heavy atom. The van der Waals surface area contributed by atoms with Crippen molar-refractivity contribution in [2.75, 3.05) is 34.2 Å². The van der Waals surface area contributed by atoms with E-state index < -0.39 is 0 Å². The van der Waals surface area contributed by atoms with Crippen LogP contribution in [0.15, 0.2) is 0 Å². The number of hydrazine groups is 1. The van der Waals surface area contributed by atoms with Crippen molar-refractivity contribution in [1.29, 1.82) is 0 Å². The van der Waals surface area contributed by atoms with Gasteiger partial charge in [0.1, 0.15) is 0 Å². The summed E-state index contributed by atoms with van der Waals surface area (Å²) in [5.41, 5.74) is 2.56. The van der Waals surface area contributed by atoms with Gasteiger partial charge in [0, 0.05) is 18.5 Å². The molecule has 0 radical (unpaired) electrons. The third-order valence-corrected chi connectivity index (χ3v) is 4.15. The van der Waals surface area contributed by atoms with E-state index in [0.29, 0.717) is 12.0 Å². The normalized spacial score (nSPS) is 17.9. The highest BCUT2D eigenvalue weighted by Gasteiger charge is 2.39. The van der Waals surface area contributed by atoms with Crippen LogP contribution in [0.1, 0.15) is 38.5 Å². The van der Waals surface area contributed by atoms with Gasteiger partial charge in [-0.15, -0.1) is 0 Å². The highest BCUT2D eigenvalue weighted by molar-refractivity contribution is 5.75. The number of nitrogens with zero attached hydrogens (tertiary/aromatic N) is 2. The average molecular weight is 256 g/mol. The topological polar surface area (TPSA) is 61.6 Å². The number of hydrogen-bond donors (Lipinski definition) is 2. The molecule has 0 unspecified atom stereocenters. The summed E-state index contributed by atoms with van der Waals surface area (Å²) in [6.45, 7) is 2.18. The molecule has 0 spiro atoms. The Morgan fingerprint density at radius 3 is 2.39 bits per heavy atom. The predicted molar refractivity (Wildman–Crippen MR) is 73.9 cm³/mol. The first kappa shape index (κ1) is 15.4. The van der Waals surface area contributed by atoms with Crippen LogP contribution >= 0.6 is 0 Å². The summed E-state index contributed by atoms with van der Waals surface area (Å²) < 4.78 is 0. The summed E-state index contributed by atoms with van der Waals surface area (Å²) in [5, 5.41) is 0. The quantitative estimate of drug-likeness (QED) is 0.288. The van der Waals surface area contributed by atoms with Crippen LogP contribution in [0.4, 0.5) is 0 Å². The number of nitrogens with two attached hydrogens (primary N) is 1. The van der Waals surface area contributed by atoms with Crippen LogP contribution in [0, 0.1) is 0 Å². The molecule has 0 aliphatic heterocycles. The number of unbranched alkanes of at least 4 members (excludes halogenated alkanes) is 1. The molecule has 0 atom stereocenters. The van der Waals surface area contributed by atoms with Crippen LogP contribution in [-0.2, 0) is 4.79 Å². The average Bonchev–Trinajstić information content (AvgIpc) is 2.28. The zero-order chi connectivity index (χ0) is 13.6. The molecule has 5 heteroatoms. The fourth-order valence-electron chi connectivity index (χ4n) is 2.65. The zero-order valence-electron chi connectivity index (χ0n) is 12.0. The lowest BCUT2D eigenvalue weighted by molar-refractivity contribution is -0.121. The second kappa shape index (κ2) is 7.07. The number of rotatable bonds is 8. The first-order valence-electron chi connectivity index (χ1n) is 6.85. The van der Waals surface area contributed by atoms with Gasteiger partial charge in [0.25, 0.3) is 0 Å². The lowest BCUT2D eigenvalue weighted by Crippen LogP contribution is -2.56. The Bertz CT molecular complexity index is 264. The summed E-state index contributed by atoms with van der Waals surface area (Å²) >= 11 is 0. The van der Waals surface area contributed by atoms with E-state index in [0.717, 1.165) is 25.9 Å². The van der Waals surface area contributed by atoms with Gasteiger partial charge in [-0.1, -0.05) is 0 Å². The minimum absolute atomic E-state index is 0.0681. The van der Waals surface area contributed by atoms with Gasteiger partial charge in [0.15, 0.2) is 0 Å². The molecular formula is C13H28N4O. The monoisotopic (exact) mass is 256 g/mol. The van der Waals surface area contributed by atoms with Gasteiger partial charge in [-0.25, -0.2) is 5.84 Å². The van der Waals surface area contributed by atoms with Crippen LogP contribution in [0.2, 0.25) is 0 Å². The van der Waals surface area contributed by atoms with Gasteiger partial charge in [-0.3, -0.25) is 10.2 Å². The van der Waals surface area contributed by atoms with E-state index >= 15 is 0 Å². The van der Waals surface area contributed by atoms with Crippen molar-refractivity contribution in [1.82, 2.24) is 15.2 Å². The third-order valence-electron chi connectivity index (χ3n) is 4.15. The Morgan fingerprint density at radius 1 is 1.28 bits per heavy atom. The first-order valence-corrected chi connectivity index (χ1v) is 6.85. The van der Waals surface area contributed by atoms with Crippen molar-refractivity contribution in [3.63, 3.8) is 0 Å². The van der Waals surface area contributed by atoms with Crippen LogP contribution in [0.25, 0.3) is 0 Å². The number of carbonyl (C=O) groups is 1. The molecule has 3 N–H and O–H groups in total. The molecule has 1 aliphatic rings. The molecule has 5 nitrogen and oxygen atoms in total. The van der Waals surface area contributed by atoms with Gasteiger partial charge in [-0.2, -0.15) is 0 Å². The summed E-state index contributed by atoms with van der Waals surface area (Å²) in [6.07, 6.45) is 6.45. The van der Waals surface area contributed by atoms with Crippen molar-refractivity contribution >= 4 is 5.91 Å². The number of amides is 1. The van der Waals surface area contributed by atoms with Crippen LogP contribution in [0.5, 0.6) is 0 Å². The van der Waals surface area contributed by atoms with Gasteiger partial charge in [-0.05, 0) is 59.8 Å². The molecule has 0 saturated heterocycles. The molecule has 1 saturated carbocycles. The summed E-state index contributed by atoms with van der Waals surface area (Å²) in [7, 11) is 6.53. The summed E-state index contributed by atoms with van der Waals surface area (Å²) in [4.78, 5) is 15.7. The summed E-state index contributed by atoms with van der Waals surface area (Å²) in [5.74, 6) is 4.97. The summed E-state index contributed by atoms with van der Waals surface area (Å²) in [6, 6.07) is 0. The highest BCUT2D eigenvalue weighted by Crippen LogP contribution is 2.36. The lowest BCUT2D eigenvalue weighted by Gasteiger charge is -2.49. The molecule has 0 aromatic rings. The van der Waals surface area contributed by atoms with E-state index in [-0.39, 0.29) is 5.91 Å². The van der Waals surface area contributed by atoms with E-state index in [1.807, 2.05) is 0 Å². The molecule has 1 amide bonds. The smallest absolute Gasteiger partial charge is 0.233 e. The Hall–Kier alpha value is -0.650. The van der Waals surface area contributed by atoms with E-state index in [1.165, 1.54) is 19.3 Å². The van der Waals surface area contributed by atoms with Crippen LogP contribution in [0.3, 0.4) is 0 Å². The predicted octanol–water partition coefficient (Wildman–Crippen LogP) is 0.563. The van der Waals surface area contributed by atoms with E-state index in [4.69, 9.17) is 5.84 Å². The van der Waals surface area contributed by atoms with Crippen molar-refractivity contribution < 1.29 is 4.79 Å². The molecular weight excluding hydrogens is 228 g/mol. The van der Waals surface area contributed by atoms with Gasteiger partial charge in [0.05, 0.1) is 0 Å². The number of carbonyl (C=O) groups excluding carboxylic acids is 1. The van der Waals surface area contributed by atoms with Crippen LogP contribution < -0.4 is 11.3 Å². The molecule has 0 aromatic carbocycles. The SMILES string of the molecule is CN(CCCCC(=O)NN)CC1(N(C)C)CCC1. The molecule has 0 aromatic heterocycles. The second-order valence-corrected chi connectivity index (χ2v) is 5.73. The molecule has 1 rings (SSSR count). The van der Waals surface area contributed by atoms with E-state index in [9.17, 15) is 4.79 Å². The van der Waals surface area contributed by atoms with Crippen molar-refractivity contribution in [3.8, 4) is 0 Å². The Labute approximate surface area is 111 Å². The van der Waals surface area contributed by atoms with Crippen molar-refractivity contribution in [2.45, 2.75) is 44.1 Å². The third kappa shape index (κ3) is 4.23. The zero-order valence-corrected chi connectivity index (χ0v) is 12.0. The molecule has 0 bridgehead atoms. The van der Waals surface area contributed by atoms with E-state index in [2.05, 4.69) is 36.4 Å². The number of likely N-dealkylation sites (N-methyl/N-ethyl adjacent to an activating group) is 2. The van der Waals surface area contributed by atoms with Crippen molar-refractivity contribution in [3.05, 3.63) is 0 Å². The molecule has 18 heavy (non-hydrogen) atoms. The van der Waals surface area contributed by atoms with Gasteiger partial charge < -0.3 is 9.80 Å². The largest absolute Gasteiger partial charge is 0.305 e.